The minimum absolute atomic E-state index is 0.170. The highest BCUT2D eigenvalue weighted by Crippen LogP contribution is 2.23. The van der Waals surface area contributed by atoms with Crippen LogP contribution in [0.3, 0.4) is 0 Å². The Morgan fingerprint density at radius 2 is 1.72 bits per heavy atom. The molecule has 2 atom stereocenters. The Labute approximate surface area is 143 Å². The summed E-state index contributed by atoms with van der Waals surface area (Å²) in [6, 6.07) is 3.10. The average Bonchev–Trinajstić information content (AvgIpc) is 2.49. The van der Waals surface area contributed by atoms with Crippen LogP contribution < -0.4 is 5.32 Å². The van der Waals surface area contributed by atoms with Gasteiger partial charge in [0.05, 0.1) is 11.1 Å². The Balaban J connectivity index is 2.88. The van der Waals surface area contributed by atoms with Gasteiger partial charge in [-0.15, -0.1) is 0 Å². The molecule has 0 saturated heterocycles. The van der Waals surface area contributed by atoms with Crippen LogP contribution in [-0.2, 0) is 4.74 Å². The number of carboxylic acids is 2. The van der Waals surface area contributed by atoms with Crippen LogP contribution >= 0.6 is 0 Å². The molecule has 0 heterocycles. The second kappa shape index (κ2) is 7.95. The molecule has 0 radical (unpaired) electrons. The van der Waals surface area contributed by atoms with Gasteiger partial charge in [-0.25, -0.2) is 14.4 Å². The van der Waals surface area contributed by atoms with Crippen LogP contribution in [0.2, 0.25) is 0 Å². The lowest BCUT2D eigenvalue weighted by Gasteiger charge is -2.23. The number of aromatic carboxylic acids is 2. The Kier molecular flexibility index (Phi) is 6.49. The summed E-state index contributed by atoms with van der Waals surface area (Å²) in [5, 5.41) is 40.4. The molecule has 0 bridgehead atoms. The summed E-state index contributed by atoms with van der Waals surface area (Å²) in [5.74, 6) is -2.78. The van der Waals surface area contributed by atoms with Crippen molar-refractivity contribution in [1.82, 2.24) is 5.32 Å². The molecule has 9 nitrogen and oxygen atoms in total. The molecule has 1 rings (SSSR count). The van der Waals surface area contributed by atoms with Gasteiger partial charge in [-0.1, -0.05) is 6.07 Å². The standard InChI is InChI=1S/C16H21NO8/c1-16(2,3)25-15(24)17-7-11(18)12(19)9-5-4-8(13(20)21)6-10(9)14(22)23/h4-6,11-12,18-19H,7H2,1-3H3,(H,17,24)(H,20,21)(H,22,23). The van der Waals surface area contributed by atoms with Crippen molar-refractivity contribution in [1.29, 1.82) is 0 Å². The van der Waals surface area contributed by atoms with E-state index in [4.69, 9.17) is 9.84 Å². The van der Waals surface area contributed by atoms with E-state index in [1.165, 1.54) is 0 Å². The van der Waals surface area contributed by atoms with E-state index in [0.717, 1.165) is 18.2 Å². The molecule has 0 fully saturated rings. The summed E-state index contributed by atoms with van der Waals surface area (Å²) < 4.78 is 4.98. The first-order valence-electron chi connectivity index (χ1n) is 7.36. The van der Waals surface area contributed by atoms with E-state index in [-0.39, 0.29) is 11.1 Å². The minimum Gasteiger partial charge on any atom is -0.478 e. The van der Waals surface area contributed by atoms with Gasteiger partial charge in [0.25, 0.3) is 0 Å². The zero-order chi connectivity index (χ0) is 19.4. The van der Waals surface area contributed by atoms with E-state index in [0.29, 0.717) is 0 Å². The van der Waals surface area contributed by atoms with Crippen LogP contribution in [0.25, 0.3) is 0 Å². The number of aliphatic hydroxyl groups is 2. The molecule has 0 aliphatic heterocycles. The first-order chi connectivity index (χ1) is 11.4. The van der Waals surface area contributed by atoms with Crippen molar-refractivity contribution in [3.05, 3.63) is 34.9 Å². The van der Waals surface area contributed by atoms with Gasteiger partial charge in [0.1, 0.15) is 17.8 Å². The number of benzene rings is 1. The van der Waals surface area contributed by atoms with Gasteiger partial charge in [-0.05, 0) is 38.5 Å². The summed E-state index contributed by atoms with van der Waals surface area (Å²) in [5.41, 5.74) is -1.63. The topological polar surface area (TPSA) is 153 Å². The van der Waals surface area contributed by atoms with Gasteiger partial charge < -0.3 is 30.5 Å². The van der Waals surface area contributed by atoms with E-state index in [2.05, 4.69) is 5.32 Å². The van der Waals surface area contributed by atoms with Crippen LogP contribution in [0.15, 0.2) is 18.2 Å². The van der Waals surface area contributed by atoms with Crippen molar-refractivity contribution < 1.29 is 39.5 Å². The van der Waals surface area contributed by atoms with Crippen molar-refractivity contribution in [2.75, 3.05) is 6.54 Å². The Morgan fingerprint density at radius 1 is 1.12 bits per heavy atom. The molecule has 1 aromatic carbocycles. The lowest BCUT2D eigenvalue weighted by Crippen LogP contribution is -2.39. The number of hydrogen-bond acceptors (Lipinski definition) is 6. The number of hydrogen-bond donors (Lipinski definition) is 5. The SMILES string of the molecule is CC(C)(C)OC(=O)NCC(O)C(O)c1ccc(C(=O)O)cc1C(=O)O. The molecule has 0 saturated carbocycles. The lowest BCUT2D eigenvalue weighted by atomic mass is 9.96. The molecule has 1 amide bonds. The van der Waals surface area contributed by atoms with Crippen LogP contribution in [0.5, 0.6) is 0 Å². The number of amides is 1. The van der Waals surface area contributed by atoms with Crippen molar-refractivity contribution >= 4 is 18.0 Å². The number of alkyl carbamates (subject to hydrolysis) is 1. The first-order valence-corrected chi connectivity index (χ1v) is 7.36. The second-order valence-corrected chi connectivity index (χ2v) is 6.31. The number of nitrogens with one attached hydrogen (secondary N) is 1. The van der Waals surface area contributed by atoms with Crippen molar-refractivity contribution in [3.8, 4) is 0 Å². The zero-order valence-corrected chi connectivity index (χ0v) is 14.0. The molecule has 0 aromatic heterocycles. The largest absolute Gasteiger partial charge is 0.478 e. The molecule has 0 aliphatic rings. The van der Waals surface area contributed by atoms with Crippen molar-refractivity contribution in [2.45, 2.75) is 38.6 Å². The number of rotatable bonds is 6. The third-order valence-corrected chi connectivity index (χ3v) is 3.07. The fraction of sp³-hybridized carbons (Fsp3) is 0.438. The molecule has 2 unspecified atom stereocenters. The van der Waals surface area contributed by atoms with Gasteiger partial charge in [-0.3, -0.25) is 0 Å². The smallest absolute Gasteiger partial charge is 0.407 e. The quantitative estimate of drug-likeness (QED) is 0.506. The van der Waals surface area contributed by atoms with Crippen LogP contribution in [-0.4, -0.2) is 56.7 Å². The van der Waals surface area contributed by atoms with E-state index in [1.54, 1.807) is 20.8 Å². The maximum absolute atomic E-state index is 11.5. The van der Waals surface area contributed by atoms with E-state index >= 15 is 0 Å². The molecule has 9 heteroatoms. The van der Waals surface area contributed by atoms with Crippen molar-refractivity contribution in [2.24, 2.45) is 0 Å². The predicted octanol–water partition coefficient (Wildman–Crippen LogP) is 1.00. The third-order valence-electron chi connectivity index (χ3n) is 3.07. The molecule has 0 aliphatic carbocycles. The Hall–Kier alpha value is -2.65. The fourth-order valence-electron chi connectivity index (χ4n) is 1.95. The van der Waals surface area contributed by atoms with Crippen LogP contribution in [0.1, 0.15) is 53.2 Å². The van der Waals surface area contributed by atoms with Gasteiger partial charge in [0.2, 0.25) is 0 Å². The highest BCUT2D eigenvalue weighted by molar-refractivity contribution is 5.95. The molecule has 25 heavy (non-hydrogen) atoms. The van der Waals surface area contributed by atoms with Crippen molar-refractivity contribution in [3.63, 3.8) is 0 Å². The third kappa shape index (κ3) is 6.05. The van der Waals surface area contributed by atoms with E-state index < -0.39 is 47.9 Å². The normalized spacial score (nSPS) is 13.6. The van der Waals surface area contributed by atoms with Crippen LogP contribution in [0, 0.1) is 0 Å². The lowest BCUT2D eigenvalue weighted by molar-refractivity contribution is 0.0120. The summed E-state index contributed by atoms with van der Waals surface area (Å²) in [4.78, 5) is 33.7. The predicted molar refractivity (Wildman–Crippen MR) is 85.6 cm³/mol. The van der Waals surface area contributed by atoms with E-state index in [9.17, 15) is 29.7 Å². The summed E-state index contributed by atoms with van der Waals surface area (Å²) in [7, 11) is 0. The summed E-state index contributed by atoms with van der Waals surface area (Å²) in [6.45, 7) is 4.57. The number of carbonyl (C=O) groups is 3. The first kappa shape index (κ1) is 20.4. The minimum atomic E-state index is -1.65. The average molecular weight is 355 g/mol. The summed E-state index contributed by atoms with van der Waals surface area (Å²) in [6.07, 6.45) is -3.98. The fourth-order valence-corrected chi connectivity index (χ4v) is 1.95. The van der Waals surface area contributed by atoms with Crippen LogP contribution in [0.4, 0.5) is 4.79 Å². The van der Waals surface area contributed by atoms with E-state index in [1.807, 2.05) is 0 Å². The highest BCUT2D eigenvalue weighted by atomic mass is 16.6. The monoisotopic (exact) mass is 355 g/mol. The van der Waals surface area contributed by atoms with Gasteiger partial charge in [-0.2, -0.15) is 0 Å². The molecular formula is C16H21NO8. The van der Waals surface area contributed by atoms with Gasteiger partial charge in [0, 0.05) is 6.54 Å². The summed E-state index contributed by atoms with van der Waals surface area (Å²) >= 11 is 0. The van der Waals surface area contributed by atoms with Gasteiger partial charge in [0.15, 0.2) is 0 Å². The highest BCUT2D eigenvalue weighted by Gasteiger charge is 2.26. The molecular weight excluding hydrogens is 334 g/mol. The molecule has 0 spiro atoms. The Bertz CT molecular complexity index is 665. The number of carbonyl (C=O) groups excluding carboxylic acids is 1. The molecule has 5 N–H and O–H groups in total. The number of aliphatic hydroxyl groups excluding tert-OH is 2. The maximum atomic E-state index is 11.5. The number of carboxylic acid groups (broad SMARTS) is 2. The second-order valence-electron chi connectivity index (χ2n) is 6.31. The Morgan fingerprint density at radius 3 is 2.20 bits per heavy atom. The molecule has 1 aromatic rings. The zero-order valence-electron chi connectivity index (χ0n) is 14.0. The maximum Gasteiger partial charge on any atom is 0.407 e. The number of ether oxygens (including phenoxy) is 1. The van der Waals surface area contributed by atoms with Gasteiger partial charge >= 0.3 is 18.0 Å². The molecule has 138 valence electrons.